The fourth-order valence-corrected chi connectivity index (χ4v) is 4.02. The second-order valence-corrected chi connectivity index (χ2v) is 8.99. The van der Waals surface area contributed by atoms with E-state index in [2.05, 4.69) is 15.5 Å². The lowest BCUT2D eigenvalue weighted by Crippen LogP contribution is -2.31. The van der Waals surface area contributed by atoms with Crippen LogP contribution in [0.3, 0.4) is 0 Å². The Hall–Kier alpha value is -3.53. The van der Waals surface area contributed by atoms with Gasteiger partial charge in [-0.1, -0.05) is 23.7 Å². The maximum Gasteiger partial charge on any atom is 0.578 e. The zero-order valence-electron chi connectivity index (χ0n) is 17.0. The van der Waals surface area contributed by atoms with Gasteiger partial charge in [0.25, 0.3) is 0 Å². The Morgan fingerprint density at radius 2 is 1.88 bits per heavy atom. The fourth-order valence-electron chi connectivity index (χ4n) is 3.25. The number of benzene rings is 2. The highest BCUT2D eigenvalue weighted by Gasteiger charge is 2.46. The molecule has 4 rings (SSSR count). The smallest absolute Gasteiger partial charge is 0.578 e. The molecule has 34 heavy (non-hydrogen) atoms. The third-order valence-electron chi connectivity index (χ3n) is 4.84. The molecule has 2 aromatic carbocycles. The number of nitrogens with one attached hydrogen (secondary N) is 1. The van der Waals surface area contributed by atoms with Crippen LogP contribution in [0.15, 0.2) is 70.9 Å². The van der Waals surface area contributed by atoms with Gasteiger partial charge < -0.3 is 9.87 Å². The van der Waals surface area contributed by atoms with E-state index in [1.807, 2.05) is 6.07 Å². The minimum atomic E-state index is -4.87. The third kappa shape index (κ3) is 5.01. The quantitative estimate of drug-likeness (QED) is 0.524. The summed E-state index contributed by atoms with van der Waals surface area (Å²) in [7, 11) is 0. The molecule has 1 N–H and O–H groups in total. The molecular weight excluding hydrogens is 493 g/mol. The van der Waals surface area contributed by atoms with E-state index in [1.54, 1.807) is 24.3 Å². The Morgan fingerprint density at radius 1 is 1.21 bits per heavy atom. The molecule has 2 atom stereocenters. The molecule has 0 saturated carbocycles. The zero-order chi connectivity index (χ0) is 24.5. The number of anilines is 1. The van der Waals surface area contributed by atoms with Crippen LogP contribution in [0.1, 0.15) is 17.2 Å². The minimum Gasteiger partial charge on any atom is -0.604 e. The molecule has 2 heterocycles. The Bertz CT molecular complexity index is 1270. The number of urea groups is 1. The lowest BCUT2D eigenvalue weighted by molar-refractivity contribution is -0.0435. The standard InChI is InChI=1S/C21H14ClF3N6O2S/c22-15-3-1-14(2-4-15)19-18(30-11-13(9-26)10-27-30)12-31(29-19)20(32)28-16-5-7-17(8-6-16)34(33)21(23,24)25/h1-8,10-11,18H,12H2,(H,28,32). The van der Waals surface area contributed by atoms with Gasteiger partial charge in [0.1, 0.15) is 12.1 Å². The van der Waals surface area contributed by atoms with E-state index >= 15 is 0 Å². The highest BCUT2D eigenvalue weighted by Crippen LogP contribution is 2.31. The summed E-state index contributed by atoms with van der Waals surface area (Å²) in [6.45, 7) is 0.0898. The molecule has 1 aromatic heterocycles. The number of amides is 2. The van der Waals surface area contributed by atoms with Gasteiger partial charge in [-0.3, -0.25) is 4.68 Å². The van der Waals surface area contributed by atoms with Gasteiger partial charge in [-0.25, -0.2) is 9.80 Å². The summed E-state index contributed by atoms with van der Waals surface area (Å²) in [4.78, 5) is 12.4. The largest absolute Gasteiger partial charge is 0.604 e. The Labute approximate surface area is 199 Å². The Morgan fingerprint density at radius 3 is 2.47 bits per heavy atom. The number of halogens is 4. The number of hydrogen-bond acceptors (Lipinski definition) is 5. The second-order valence-electron chi connectivity index (χ2n) is 7.08. The molecule has 0 bridgehead atoms. The molecule has 8 nitrogen and oxygen atoms in total. The van der Waals surface area contributed by atoms with Crippen molar-refractivity contribution >= 4 is 40.2 Å². The molecular formula is C21H14ClF3N6O2S. The number of rotatable bonds is 4. The number of hydrazone groups is 1. The molecule has 2 unspecified atom stereocenters. The number of nitriles is 1. The van der Waals surface area contributed by atoms with E-state index in [0.717, 1.165) is 17.1 Å². The average molecular weight is 507 g/mol. The lowest BCUT2D eigenvalue weighted by Gasteiger charge is -2.16. The van der Waals surface area contributed by atoms with Gasteiger partial charge in [-0.05, 0) is 36.4 Å². The summed E-state index contributed by atoms with van der Waals surface area (Å²) < 4.78 is 50.8. The van der Waals surface area contributed by atoms with Gasteiger partial charge in [0.2, 0.25) is 0 Å². The molecule has 1 aliphatic rings. The minimum absolute atomic E-state index is 0.0898. The maximum atomic E-state index is 12.8. The molecule has 13 heteroatoms. The zero-order valence-corrected chi connectivity index (χ0v) is 18.6. The normalized spacial score (nSPS) is 16.6. The van der Waals surface area contributed by atoms with Crippen LogP contribution in [0.25, 0.3) is 0 Å². The van der Waals surface area contributed by atoms with Gasteiger partial charge in [0, 0.05) is 22.5 Å². The van der Waals surface area contributed by atoms with Crippen LogP contribution in [0.4, 0.5) is 23.7 Å². The fraction of sp³-hybridized carbons (Fsp3) is 0.143. The molecule has 0 spiro atoms. The molecule has 1 aliphatic heterocycles. The van der Waals surface area contributed by atoms with Crippen LogP contribution in [-0.2, 0) is 11.2 Å². The van der Waals surface area contributed by atoms with Crippen molar-refractivity contribution in [2.24, 2.45) is 5.10 Å². The first-order valence-electron chi connectivity index (χ1n) is 9.61. The van der Waals surface area contributed by atoms with Crippen molar-refractivity contribution in [3.63, 3.8) is 0 Å². The summed E-state index contributed by atoms with van der Waals surface area (Å²) in [6.07, 6.45) is 2.94. The number of nitrogens with zero attached hydrogens (tertiary/aromatic N) is 5. The van der Waals surface area contributed by atoms with Gasteiger partial charge >= 0.3 is 11.5 Å². The topological polar surface area (TPSA) is 109 Å². The van der Waals surface area contributed by atoms with Crippen molar-refractivity contribution < 1.29 is 22.5 Å². The number of hydrogen-bond donors (Lipinski definition) is 1. The predicted molar refractivity (Wildman–Crippen MR) is 119 cm³/mol. The van der Waals surface area contributed by atoms with Crippen molar-refractivity contribution in [1.29, 1.82) is 5.26 Å². The van der Waals surface area contributed by atoms with Crippen molar-refractivity contribution in [1.82, 2.24) is 14.8 Å². The van der Waals surface area contributed by atoms with Crippen molar-refractivity contribution in [2.75, 3.05) is 11.9 Å². The maximum absolute atomic E-state index is 12.8. The number of carbonyl (C=O) groups is 1. The van der Waals surface area contributed by atoms with Gasteiger partial charge in [-0.15, -0.1) is 13.2 Å². The molecule has 0 fully saturated rings. The third-order valence-corrected chi connectivity index (χ3v) is 6.22. The van der Waals surface area contributed by atoms with Crippen molar-refractivity contribution in [3.8, 4) is 6.07 Å². The molecule has 3 aromatic rings. The van der Waals surface area contributed by atoms with Crippen LogP contribution in [-0.4, -0.2) is 43.1 Å². The van der Waals surface area contributed by atoms with E-state index in [-0.39, 0.29) is 12.2 Å². The number of alkyl halides is 3. The molecule has 0 radical (unpaired) electrons. The van der Waals surface area contributed by atoms with E-state index in [9.17, 15) is 22.5 Å². The average Bonchev–Trinajstić information content (AvgIpc) is 3.46. The monoisotopic (exact) mass is 506 g/mol. The number of carbonyl (C=O) groups excluding carboxylic acids is 1. The SMILES string of the molecule is N#Cc1cnn(C2CN(C(=O)Nc3ccc([S+]([O-])C(F)(F)F)cc3)N=C2c2ccc(Cl)cc2)c1. The highest BCUT2D eigenvalue weighted by molar-refractivity contribution is 7.92. The Kier molecular flexibility index (Phi) is 6.52. The van der Waals surface area contributed by atoms with Crippen LogP contribution in [0.5, 0.6) is 0 Å². The summed E-state index contributed by atoms with van der Waals surface area (Å²) in [5.74, 6) is 0. The summed E-state index contributed by atoms with van der Waals surface area (Å²) >= 11 is 2.81. The van der Waals surface area contributed by atoms with E-state index < -0.39 is 33.7 Å². The first kappa shape index (κ1) is 23.6. The molecule has 0 saturated heterocycles. The van der Waals surface area contributed by atoms with Crippen molar-refractivity contribution in [3.05, 3.63) is 77.1 Å². The number of aromatic nitrogens is 2. The van der Waals surface area contributed by atoms with E-state index in [0.29, 0.717) is 21.9 Å². The first-order valence-corrected chi connectivity index (χ1v) is 11.1. The first-order chi connectivity index (χ1) is 16.2. The van der Waals surface area contributed by atoms with Gasteiger partial charge in [0.05, 0.1) is 35.2 Å². The van der Waals surface area contributed by atoms with Crippen LogP contribution < -0.4 is 5.32 Å². The van der Waals surface area contributed by atoms with Gasteiger partial charge in [-0.2, -0.15) is 15.5 Å². The predicted octanol–water partition coefficient (Wildman–Crippen LogP) is 4.53. The van der Waals surface area contributed by atoms with Crippen molar-refractivity contribution in [2.45, 2.75) is 16.4 Å². The molecule has 0 aliphatic carbocycles. The van der Waals surface area contributed by atoms with E-state index in [4.69, 9.17) is 16.9 Å². The second kappa shape index (κ2) is 9.38. The van der Waals surface area contributed by atoms with Crippen LogP contribution in [0.2, 0.25) is 5.02 Å². The van der Waals surface area contributed by atoms with E-state index in [1.165, 1.54) is 29.2 Å². The summed E-state index contributed by atoms with van der Waals surface area (Å²) in [6, 6.07) is 12.2. The molecule has 174 valence electrons. The summed E-state index contributed by atoms with van der Waals surface area (Å²) in [5.41, 5.74) is -3.13. The Balaban J connectivity index is 1.55. The lowest BCUT2D eigenvalue weighted by atomic mass is 10.0. The summed E-state index contributed by atoms with van der Waals surface area (Å²) in [5, 5.41) is 21.9. The van der Waals surface area contributed by atoms with Crippen LogP contribution in [0, 0.1) is 11.3 Å². The van der Waals surface area contributed by atoms with Crippen LogP contribution >= 0.6 is 11.6 Å². The highest BCUT2D eigenvalue weighted by atomic mass is 35.5. The molecule has 2 amide bonds. The van der Waals surface area contributed by atoms with Gasteiger partial charge in [0.15, 0.2) is 4.90 Å².